The number of carbonyl (C=O) groups excluding carboxylic acids is 1. The highest BCUT2D eigenvalue weighted by Gasteiger charge is 2.20. The lowest BCUT2D eigenvalue weighted by Crippen LogP contribution is -2.26. The van der Waals surface area contributed by atoms with Gasteiger partial charge in [0.2, 0.25) is 5.82 Å². The Morgan fingerprint density at radius 3 is 2.89 bits per heavy atom. The lowest BCUT2D eigenvalue weighted by molar-refractivity contribution is 0.0935. The molecule has 0 unspecified atom stereocenters. The van der Waals surface area contributed by atoms with Crippen molar-refractivity contribution in [3.63, 3.8) is 0 Å². The van der Waals surface area contributed by atoms with Gasteiger partial charge in [0.1, 0.15) is 11.6 Å². The monoisotopic (exact) mass is 366 g/mol. The fourth-order valence-corrected chi connectivity index (χ4v) is 3.36. The molecule has 1 aromatic carbocycles. The summed E-state index contributed by atoms with van der Waals surface area (Å²) in [5.74, 6) is 1.87. The third kappa shape index (κ3) is 3.55. The number of H-pyrrole nitrogens is 1. The van der Waals surface area contributed by atoms with Gasteiger partial charge in [-0.25, -0.2) is 0 Å². The number of nitrogens with one attached hydrogen (secondary N) is 2. The molecular formula is C19H22N6O2. The van der Waals surface area contributed by atoms with Gasteiger partial charge in [0, 0.05) is 30.6 Å². The van der Waals surface area contributed by atoms with Crippen molar-refractivity contribution < 1.29 is 9.53 Å². The number of hydrogen-bond acceptors (Lipinski definition) is 5. The highest BCUT2D eigenvalue weighted by Crippen LogP contribution is 2.23. The fourth-order valence-electron chi connectivity index (χ4n) is 3.36. The quantitative estimate of drug-likeness (QED) is 0.722. The number of aryl methyl sites for hydroxylation is 1. The van der Waals surface area contributed by atoms with Crippen LogP contribution in [0, 0.1) is 0 Å². The molecule has 0 radical (unpaired) electrons. The summed E-state index contributed by atoms with van der Waals surface area (Å²) in [5.41, 5.74) is 2.76. The summed E-state index contributed by atoms with van der Waals surface area (Å²) in [7, 11) is 1.64. The molecule has 140 valence electrons. The van der Waals surface area contributed by atoms with E-state index in [1.807, 2.05) is 28.8 Å². The zero-order chi connectivity index (χ0) is 18.6. The minimum absolute atomic E-state index is 0.211. The third-order valence-corrected chi connectivity index (χ3v) is 4.85. The normalized spacial score (nSPS) is 13.7. The Labute approximate surface area is 157 Å². The predicted octanol–water partition coefficient (Wildman–Crippen LogP) is 2.33. The maximum atomic E-state index is 12.6. The van der Waals surface area contributed by atoms with E-state index in [1.54, 1.807) is 13.3 Å². The Kier molecular flexibility index (Phi) is 4.86. The van der Waals surface area contributed by atoms with E-state index in [-0.39, 0.29) is 5.91 Å². The Morgan fingerprint density at radius 1 is 1.22 bits per heavy atom. The van der Waals surface area contributed by atoms with Crippen molar-refractivity contribution in [2.24, 2.45) is 0 Å². The summed E-state index contributed by atoms with van der Waals surface area (Å²) >= 11 is 0. The van der Waals surface area contributed by atoms with Crippen LogP contribution in [0.15, 0.2) is 30.5 Å². The highest BCUT2D eigenvalue weighted by atomic mass is 16.5. The van der Waals surface area contributed by atoms with E-state index in [0.29, 0.717) is 12.4 Å². The number of amides is 1. The van der Waals surface area contributed by atoms with Crippen LogP contribution in [0.4, 0.5) is 0 Å². The van der Waals surface area contributed by atoms with E-state index in [0.717, 1.165) is 60.6 Å². The second-order valence-corrected chi connectivity index (χ2v) is 6.58. The molecule has 0 fully saturated rings. The van der Waals surface area contributed by atoms with E-state index >= 15 is 0 Å². The SMILES string of the molecule is COc1ccc(-c2[nH]ncc2CNC(=O)c2nnc3n2CCCCC3)cc1. The lowest BCUT2D eigenvalue weighted by atomic mass is 10.1. The molecule has 0 saturated carbocycles. The first-order valence-electron chi connectivity index (χ1n) is 9.13. The van der Waals surface area contributed by atoms with Gasteiger partial charge in [0.25, 0.3) is 5.91 Å². The van der Waals surface area contributed by atoms with Crippen molar-refractivity contribution in [2.45, 2.75) is 38.8 Å². The standard InChI is InChI=1S/C19H22N6O2/c1-27-15-8-6-13(7-9-15)17-14(12-21-23-17)11-20-19(26)18-24-22-16-5-3-2-4-10-25(16)18/h6-9,12H,2-5,10-11H2,1H3,(H,20,26)(H,21,23). The van der Waals surface area contributed by atoms with Crippen LogP contribution in [0.1, 0.15) is 41.3 Å². The fraction of sp³-hybridized carbons (Fsp3) is 0.368. The predicted molar refractivity (Wildman–Crippen MR) is 99.3 cm³/mol. The van der Waals surface area contributed by atoms with Gasteiger partial charge >= 0.3 is 0 Å². The highest BCUT2D eigenvalue weighted by molar-refractivity contribution is 5.90. The molecule has 3 aromatic rings. The lowest BCUT2D eigenvalue weighted by Gasteiger charge is -2.08. The molecule has 1 aliphatic heterocycles. The van der Waals surface area contributed by atoms with Gasteiger partial charge in [0.15, 0.2) is 0 Å². The van der Waals surface area contributed by atoms with Gasteiger partial charge in [-0.3, -0.25) is 9.89 Å². The van der Waals surface area contributed by atoms with Crippen LogP contribution in [0.2, 0.25) is 0 Å². The van der Waals surface area contributed by atoms with Crippen LogP contribution in [0.25, 0.3) is 11.3 Å². The summed E-state index contributed by atoms with van der Waals surface area (Å²) < 4.78 is 7.14. The van der Waals surface area contributed by atoms with Crippen molar-refractivity contribution in [1.82, 2.24) is 30.3 Å². The maximum absolute atomic E-state index is 12.6. The van der Waals surface area contributed by atoms with Crippen molar-refractivity contribution in [3.05, 3.63) is 47.7 Å². The second-order valence-electron chi connectivity index (χ2n) is 6.58. The van der Waals surface area contributed by atoms with E-state index in [2.05, 4.69) is 25.7 Å². The first-order chi connectivity index (χ1) is 13.3. The molecule has 0 aliphatic carbocycles. The number of nitrogens with zero attached hydrogens (tertiary/aromatic N) is 4. The number of benzene rings is 1. The molecule has 0 spiro atoms. The van der Waals surface area contributed by atoms with Crippen molar-refractivity contribution in [3.8, 4) is 17.0 Å². The van der Waals surface area contributed by atoms with Crippen LogP contribution in [0.5, 0.6) is 5.75 Å². The molecule has 8 nitrogen and oxygen atoms in total. The Bertz CT molecular complexity index is 928. The van der Waals surface area contributed by atoms with E-state index < -0.39 is 0 Å². The maximum Gasteiger partial charge on any atom is 0.289 e. The van der Waals surface area contributed by atoms with Crippen LogP contribution in [-0.4, -0.2) is 38.0 Å². The minimum Gasteiger partial charge on any atom is -0.497 e. The molecular weight excluding hydrogens is 344 g/mol. The van der Waals surface area contributed by atoms with E-state index in [4.69, 9.17) is 4.74 Å². The molecule has 2 N–H and O–H groups in total. The number of hydrogen-bond donors (Lipinski definition) is 2. The van der Waals surface area contributed by atoms with Crippen LogP contribution in [-0.2, 0) is 19.5 Å². The molecule has 27 heavy (non-hydrogen) atoms. The van der Waals surface area contributed by atoms with E-state index in [9.17, 15) is 4.79 Å². The summed E-state index contributed by atoms with van der Waals surface area (Å²) in [6, 6.07) is 7.69. The number of ether oxygens (including phenoxy) is 1. The van der Waals surface area contributed by atoms with Crippen molar-refractivity contribution >= 4 is 5.91 Å². The van der Waals surface area contributed by atoms with Gasteiger partial charge in [-0.1, -0.05) is 6.42 Å². The zero-order valence-corrected chi connectivity index (χ0v) is 15.2. The Morgan fingerprint density at radius 2 is 2.07 bits per heavy atom. The van der Waals surface area contributed by atoms with Crippen LogP contribution in [0.3, 0.4) is 0 Å². The van der Waals surface area contributed by atoms with Crippen molar-refractivity contribution in [1.29, 1.82) is 0 Å². The molecule has 0 atom stereocenters. The molecule has 2 aromatic heterocycles. The number of fused-ring (bicyclic) bond motifs is 1. The number of aromatic nitrogens is 5. The number of methoxy groups -OCH3 is 1. The smallest absolute Gasteiger partial charge is 0.289 e. The molecule has 3 heterocycles. The number of rotatable bonds is 5. The molecule has 0 saturated heterocycles. The Balaban J connectivity index is 1.47. The summed E-state index contributed by atoms with van der Waals surface area (Å²) in [6.07, 6.45) is 5.91. The van der Waals surface area contributed by atoms with Crippen molar-refractivity contribution in [2.75, 3.05) is 7.11 Å². The largest absolute Gasteiger partial charge is 0.497 e. The van der Waals surface area contributed by atoms with E-state index in [1.165, 1.54) is 0 Å². The summed E-state index contributed by atoms with van der Waals surface area (Å²) in [4.78, 5) is 12.6. The second kappa shape index (κ2) is 7.61. The van der Waals surface area contributed by atoms with Crippen LogP contribution >= 0.6 is 0 Å². The third-order valence-electron chi connectivity index (χ3n) is 4.85. The average Bonchev–Trinajstić information content (AvgIpc) is 3.27. The molecule has 0 bridgehead atoms. The van der Waals surface area contributed by atoms with Crippen LogP contribution < -0.4 is 10.1 Å². The summed E-state index contributed by atoms with van der Waals surface area (Å²) in [5, 5.41) is 18.4. The van der Waals surface area contributed by atoms with Gasteiger partial charge in [-0.05, 0) is 37.1 Å². The zero-order valence-electron chi connectivity index (χ0n) is 15.2. The topological polar surface area (TPSA) is 97.7 Å². The number of carbonyl (C=O) groups is 1. The summed E-state index contributed by atoms with van der Waals surface area (Å²) in [6.45, 7) is 1.16. The molecule has 1 aliphatic rings. The first-order valence-corrected chi connectivity index (χ1v) is 9.13. The molecule has 1 amide bonds. The molecule has 4 rings (SSSR count). The van der Waals surface area contributed by atoms with Gasteiger partial charge in [0.05, 0.1) is 19.0 Å². The first kappa shape index (κ1) is 17.3. The average molecular weight is 366 g/mol. The minimum atomic E-state index is -0.211. The Hall–Kier alpha value is -3.16. The van der Waals surface area contributed by atoms with Gasteiger partial charge in [-0.2, -0.15) is 5.10 Å². The molecule has 8 heteroatoms. The van der Waals surface area contributed by atoms with Gasteiger partial charge in [-0.15, -0.1) is 10.2 Å². The van der Waals surface area contributed by atoms with Gasteiger partial charge < -0.3 is 14.6 Å². The number of aromatic amines is 1.